The largest absolute Gasteiger partial charge is 0.342 e. The molecular weight excluding hydrogens is 248 g/mol. The van der Waals surface area contributed by atoms with Crippen molar-refractivity contribution in [1.82, 2.24) is 10.2 Å². The predicted molar refractivity (Wildman–Crippen MR) is 85.7 cm³/mol. The van der Waals surface area contributed by atoms with Gasteiger partial charge in [-0.2, -0.15) is 0 Å². The Kier molecular flexibility index (Phi) is 7.01. The number of rotatable bonds is 6. The van der Waals surface area contributed by atoms with Crippen LogP contribution in [-0.2, 0) is 4.79 Å². The number of amides is 1. The topological polar surface area (TPSA) is 32.3 Å². The maximum absolute atomic E-state index is 12.2. The molecule has 1 saturated heterocycles. The average molecular weight is 282 g/mol. The van der Waals surface area contributed by atoms with E-state index < -0.39 is 0 Å². The standard InChI is InChI=1S/C17H34N2O/c1-6-7-15-8-9-16(20)19(11-10-15)13-14(2)12-18-17(3,4)5/h14-15,18H,6-13H2,1-5H3. The highest BCUT2D eigenvalue weighted by atomic mass is 16.2. The SMILES string of the molecule is CCCC1CCC(=O)N(CC(C)CNC(C)(C)C)CC1. The minimum Gasteiger partial charge on any atom is -0.342 e. The van der Waals surface area contributed by atoms with Crippen LogP contribution in [0, 0.1) is 11.8 Å². The summed E-state index contributed by atoms with van der Waals surface area (Å²) in [7, 11) is 0. The van der Waals surface area contributed by atoms with Crippen LogP contribution in [0.5, 0.6) is 0 Å². The van der Waals surface area contributed by atoms with E-state index in [-0.39, 0.29) is 5.54 Å². The van der Waals surface area contributed by atoms with Crippen molar-refractivity contribution in [3.05, 3.63) is 0 Å². The summed E-state index contributed by atoms with van der Waals surface area (Å²) < 4.78 is 0. The van der Waals surface area contributed by atoms with Gasteiger partial charge in [0, 0.05) is 25.0 Å². The monoisotopic (exact) mass is 282 g/mol. The highest BCUT2D eigenvalue weighted by Gasteiger charge is 2.23. The third-order valence-corrected chi connectivity index (χ3v) is 4.14. The smallest absolute Gasteiger partial charge is 0.222 e. The molecule has 0 saturated carbocycles. The second kappa shape index (κ2) is 8.02. The molecule has 1 N–H and O–H groups in total. The van der Waals surface area contributed by atoms with E-state index in [1.165, 1.54) is 19.3 Å². The molecule has 1 aliphatic rings. The molecule has 118 valence electrons. The lowest BCUT2D eigenvalue weighted by atomic mass is 9.96. The Balaban J connectivity index is 2.39. The van der Waals surface area contributed by atoms with Gasteiger partial charge in [-0.05, 0) is 52.0 Å². The Labute approximate surface area is 125 Å². The molecule has 2 atom stereocenters. The Bertz CT molecular complexity index is 296. The van der Waals surface area contributed by atoms with Crippen molar-refractivity contribution in [2.75, 3.05) is 19.6 Å². The van der Waals surface area contributed by atoms with Gasteiger partial charge in [-0.15, -0.1) is 0 Å². The van der Waals surface area contributed by atoms with Gasteiger partial charge in [0.2, 0.25) is 5.91 Å². The molecule has 3 nitrogen and oxygen atoms in total. The van der Waals surface area contributed by atoms with Gasteiger partial charge in [0.05, 0.1) is 0 Å². The quantitative estimate of drug-likeness (QED) is 0.809. The van der Waals surface area contributed by atoms with Crippen molar-refractivity contribution in [2.45, 2.75) is 72.3 Å². The van der Waals surface area contributed by atoms with Crippen LogP contribution in [0.2, 0.25) is 0 Å². The van der Waals surface area contributed by atoms with Crippen LogP contribution in [0.15, 0.2) is 0 Å². The molecule has 0 spiro atoms. The minimum atomic E-state index is 0.156. The molecule has 0 aliphatic carbocycles. The summed E-state index contributed by atoms with van der Waals surface area (Å²) in [4.78, 5) is 14.3. The predicted octanol–water partition coefficient (Wildman–Crippen LogP) is 3.44. The van der Waals surface area contributed by atoms with Crippen LogP contribution in [0.25, 0.3) is 0 Å². The van der Waals surface area contributed by atoms with Gasteiger partial charge in [0.25, 0.3) is 0 Å². The fourth-order valence-corrected chi connectivity index (χ4v) is 2.90. The molecule has 0 aromatic rings. The van der Waals surface area contributed by atoms with Crippen molar-refractivity contribution < 1.29 is 4.79 Å². The molecule has 0 aromatic heterocycles. The van der Waals surface area contributed by atoms with Crippen molar-refractivity contribution in [3.8, 4) is 0 Å². The summed E-state index contributed by atoms with van der Waals surface area (Å²) in [6.45, 7) is 13.9. The normalized spacial score (nSPS) is 22.8. The van der Waals surface area contributed by atoms with E-state index in [0.717, 1.165) is 38.4 Å². The first kappa shape index (κ1) is 17.5. The number of nitrogens with one attached hydrogen (secondary N) is 1. The zero-order valence-corrected chi connectivity index (χ0v) is 14.2. The van der Waals surface area contributed by atoms with E-state index in [0.29, 0.717) is 11.8 Å². The first-order valence-electron chi connectivity index (χ1n) is 8.34. The number of likely N-dealkylation sites (tertiary alicyclic amines) is 1. The molecule has 1 aliphatic heterocycles. The lowest BCUT2D eigenvalue weighted by Crippen LogP contribution is -2.42. The summed E-state index contributed by atoms with van der Waals surface area (Å²) in [5, 5.41) is 3.53. The zero-order valence-electron chi connectivity index (χ0n) is 14.2. The highest BCUT2D eigenvalue weighted by Crippen LogP contribution is 2.23. The number of hydrogen-bond donors (Lipinski definition) is 1. The Morgan fingerprint density at radius 2 is 2.05 bits per heavy atom. The number of carbonyl (C=O) groups is 1. The molecule has 1 heterocycles. The van der Waals surface area contributed by atoms with Crippen LogP contribution in [0.4, 0.5) is 0 Å². The molecule has 0 radical (unpaired) electrons. The summed E-state index contributed by atoms with van der Waals surface area (Å²) >= 11 is 0. The first-order valence-corrected chi connectivity index (χ1v) is 8.34. The molecule has 1 fully saturated rings. The lowest BCUT2D eigenvalue weighted by molar-refractivity contribution is -0.131. The van der Waals surface area contributed by atoms with Crippen LogP contribution < -0.4 is 5.32 Å². The van der Waals surface area contributed by atoms with Gasteiger partial charge in [-0.3, -0.25) is 4.79 Å². The van der Waals surface area contributed by atoms with Gasteiger partial charge in [-0.25, -0.2) is 0 Å². The fraction of sp³-hybridized carbons (Fsp3) is 0.941. The Hall–Kier alpha value is -0.570. The number of nitrogens with zero attached hydrogens (tertiary/aromatic N) is 1. The molecule has 1 amide bonds. The second-order valence-electron chi connectivity index (χ2n) is 7.56. The average Bonchev–Trinajstić information content (AvgIpc) is 2.51. The van der Waals surface area contributed by atoms with Gasteiger partial charge in [-0.1, -0.05) is 26.7 Å². The van der Waals surface area contributed by atoms with E-state index in [1.807, 2.05) is 0 Å². The summed E-state index contributed by atoms with van der Waals surface area (Å²) in [5.74, 6) is 1.64. The van der Waals surface area contributed by atoms with Gasteiger partial charge in [0.1, 0.15) is 0 Å². The van der Waals surface area contributed by atoms with Crippen LogP contribution >= 0.6 is 0 Å². The van der Waals surface area contributed by atoms with Crippen molar-refractivity contribution in [2.24, 2.45) is 11.8 Å². The summed E-state index contributed by atoms with van der Waals surface area (Å²) in [6.07, 6.45) is 5.56. The maximum atomic E-state index is 12.2. The molecule has 3 heteroatoms. The Morgan fingerprint density at radius 3 is 2.65 bits per heavy atom. The molecule has 20 heavy (non-hydrogen) atoms. The molecule has 2 unspecified atom stereocenters. The van der Waals surface area contributed by atoms with Crippen molar-refractivity contribution in [1.29, 1.82) is 0 Å². The third-order valence-electron chi connectivity index (χ3n) is 4.14. The maximum Gasteiger partial charge on any atom is 0.222 e. The van der Waals surface area contributed by atoms with E-state index in [4.69, 9.17) is 0 Å². The molecule has 1 rings (SSSR count). The van der Waals surface area contributed by atoms with Crippen molar-refractivity contribution >= 4 is 5.91 Å². The number of hydrogen-bond acceptors (Lipinski definition) is 2. The van der Waals surface area contributed by atoms with Crippen molar-refractivity contribution in [3.63, 3.8) is 0 Å². The highest BCUT2D eigenvalue weighted by molar-refractivity contribution is 5.76. The Morgan fingerprint density at radius 1 is 1.35 bits per heavy atom. The van der Waals surface area contributed by atoms with Gasteiger partial charge >= 0.3 is 0 Å². The van der Waals surface area contributed by atoms with Crippen LogP contribution in [0.3, 0.4) is 0 Å². The van der Waals surface area contributed by atoms with E-state index >= 15 is 0 Å². The minimum absolute atomic E-state index is 0.156. The fourth-order valence-electron chi connectivity index (χ4n) is 2.90. The first-order chi connectivity index (χ1) is 9.31. The van der Waals surface area contributed by atoms with Gasteiger partial charge in [0.15, 0.2) is 0 Å². The van der Waals surface area contributed by atoms with E-state index in [2.05, 4.69) is 44.8 Å². The summed E-state index contributed by atoms with van der Waals surface area (Å²) in [5.41, 5.74) is 0.156. The zero-order chi connectivity index (χ0) is 15.2. The molecule has 0 bridgehead atoms. The third kappa shape index (κ3) is 6.74. The lowest BCUT2D eigenvalue weighted by Gasteiger charge is -2.28. The number of carbonyl (C=O) groups excluding carboxylic acids is 1. The second-order valence-corrected chi connectivity index (χ2v) is 7.56. The molecule has 0 aromatic carbocycles. The van der Waals surface area contributed by atoms with Gasteiger partial charge < -0.3 is 10.2 Å². The van der Waals surface area contributed by atoms with E-state index in [9.17, 15) is 4.79 Å². The summed E-state index contributed by atoms with van der Waals surface area (Å²) in [6, 6.07) is 0. The van der Waals surface area contributed by atoms with E-state index in [1.54, 1.807) is 0 Å². The molecular formula is C17H34N2O. The van der Waals surface area contributed by atoms with Crippen LogP contribution in [0.1, 0.15) is 66.7 Å². The van der Waals surface area contributed by atoms with Crippen LogP contribution in [-0.4, -0.2) is 36.0 Å².